The van der Waals surface area contributed by atoms with Crippen LogP contribution in [0, 0.1) is 34.5 Å². The molecular weight excluding hydrogens is 339 g/mol. The van der Waals surface area contributed by atoms with Crippen LogP contribution in [0.4, 0.5) is 0 Å². The van der Waals surface area contributed by atoms with Crippen LogP contribution < -0.4 is 0 Å². The van der Waals surface area contributed by atoms with E-state index >= 15 is 0 Å². The Kier molecular flexibility index (Phi) is 4.18. The molecule has 10 unspecified atom stereocenters. The molecule has 1 saturated heterocycles. The second-order valence-corrected chi connectivity index (χ2v) is 11.1. The largest absolute Gasteiger partial charge is 0.454 e. The molecule has 152 valence electrons. The number of aliphatic hydroxyl groups excluding tert-OH is 2. The zero-order valence-corrected chi connectivity index (χ0v) is 17.5. The average molecular weight is 376 g/mol. The maximum absolute atomic E-state index is 11.5. The Bertz CT molecular complexity index is 615. The molecule has 0 bridgehead atoms. The third-order valence-corrected chi connectivity index (χ3v) is 10.2. The average Bonchev–Trinajstić information content (AvgIpc) is 3.05. The summed E-state index contributed by atoms with van der Waals surface area (Å²) in [6.45, 7) is 9.01. The molecule has 4 saturated carbocycles. The van der Waals surface area contributed by atoms with Gasteiger partial charge in [0, 0.05) is 5.41 Å². The van der Waals surface area contributed by atoms with Gasteiger partial charge in [0.1, 0.15) is 0 Å². The molecular formula is C22H37BO4. The third-order valence-electron chi connectivity index (χ3n) is 10.2. The Balaban J connectivity index is 1.50. The molecule has 2 N–H and O–H groups in total. The van der Waals surface area contributed by atoms with Gasteiger partial charge in [-0.1, -0.05) is 13.8 Å². The quantitative estimate of drug-likeness (QED) is 0.634. The van der Waals surface area contributed by atoms with Crippen LogP contribution in [0.25, 0.3) is 0 Å². The molecule has 5 aliphatic rings. The number of hydrogen-bond donors (Lipinski definition) is 2. The minimum absolute atomic E-state index is 0.00482. The van der Waals surface area contributed by atoms with Crippen molar-refractivity contribution in [2.45, 2.75) is 103 Å². The molecule has 1 aliphatic heterocycles. The summed E-state index contributed by atoms with van der Waals surface area (Å²) in [6, 6.07) is 0. The van der Waals surface area contributed by atoms with Crippen LogP contribution in [0.5, 0.6) is 0 Å². The van der Waals surface area contributed by atoms with E-state index in [4.69, 9.17) is 9.31 Å². The van der Waals surface area contributed by atoms with Crippen molar-refractivity contribution in [3.63, 3.8) is 0 Å². The lowest BCUT2D eigenvalue weighted by atomic mass is 9.43. The molecule has 1 spiro atoms. The molecule has 5 fully saturated rings. The summed E-state index contributed by atoms with van der Waals surface area (Å²) < 4.78 is 12.6. The fraction of sp³-hybridized carbons (Fsp3) is 1.00. The lowest BCUT2D eigenvalue weighted by Crippen LogP contribution is -2.63. The van der Waals surface area contributed by atoms with E-state index in [2.05, 4.69) is 20.8 Å². The van der Waals surface area contributed by atoms with Crippen LogP contribution in [-0.4, -0.2) is 41.2 Å². The van der Waals surface area contributed by atoms with Gasteiger partial charge in [0.15, 0.2) is 0 Å². The van der Waals surface area contributed by atoms with Crippen LogP contribution in [-0.2, 0) is 9.31 Å². The predicted octanol–water partition coefficient (Wildman–Crippen LogP) is 3.65. The molecule has 1 heterocycles. The Morgan fingerprint density at radius 1 is 1.04 bits per heavy atom. The predicted molar refractivity (Wildman–Crippen MR) is 105 cm³/mol. The van der Waals surface area contributed by atoms with Gasteiger partial charge in [-0.05, 0) is 94.2 Å². The normalized spacial score (nSPS) is 60.2. The van der Waals surface area contributed by atoms with Crippen molar-refractivity contribution in [3.8, 4) is 0 Å². The van der Waals surface area contributed by atoms with E-state index in [1.165, 1.54) is 19.3 Å². The molecule has 4 nitrogen and oxygen atoms in total. The van der Waals surface area contributed by atoms with Gasteiger partial charge >= 0.3 is 7.12 Å². The van der Waals surface area contributed by atoms with Crippen molar-refractivity contribution in [2.75, 3.05) is 0 Å². The van der Waals surface area contributed by atoms with E-state index < -0.39 is 0 Å². The smallest absolute Gasteiger partial charge is 0.406 e. The highest BCUT2D eigenvalue weighted by Crippen LogP contribution is 2.70. The van der Waals surface area contributed by atoms with Crippen molar-refractivity contribution in [1.82, 2.24) is 0 Å². The molecule has 0 aromatic carbocycles. The molecule has 10 atom stereocenters. The molecule has 4 aliphatic carbocycles. The van der Waals surface area contributed by atoms with Crippen LogP contribution in [0.2, 0.25) is 6.82 Å². The van der Waals surface area contributed by atoms with Crippen LogP contribution in [0.15, 0.2) is 0 Å². The minimum Gasteiger partial charge on any atom is -0.406 e. The topological polar surface area (TPSA) is 58.9 Å². The summed E-state index contributed by atoms with van der Waals surface area (Å²) in [5.41, 5.74) is -0.0523. The van der Waals surface area contributed by atoms with E-state index in [0.29, 0.717) is 23.7 Å². The van der Waals surface area contributed by atoms with E-state index in [1.54, 1.807) is 0 Å². The van der Waals surface area contributed by atoms with Crippen molar-refractivity contribution in [1.29, 1.82) is 0 Å². The van der Waals surface area contributed by atoms with Gasteiger partial charge < -0.3 is 19.5 Å². The molecule has 5 heteroatoms. The van der Waals surface area contributed by atoms with E-state index in [9.17, 15) is 10.2 Å². The summed E-state index contributed by atoms with van der Waals surface area (Å²) in [4.78, 5) is 0. The standard InChI is InChI=1S/C22H37BO4/c1-13-22(27-23(4)26-13)10-8-17-16-6-5-14-11-15(24)7-9-20(14,2)19(16)18(25)12-21(17,22)3/h13-19,24-25H,5-12H2,1-4H3. The molecule has 5 rings (SSSR count). The lowest BCUT2D eigenvalue weighted by molar-refractivity contribution is -0.199. The Morgan fingerprint density at radius 3 is 2.52 bits per heavy atom. The summed E-state index contributed by atoms with van der Waals surface area (Å²) in [6.07, 6.45) is 8.13. The van der Waals surface area contributed by atoms with Crippen LogP contribution >= 0.6 is 0 Å². The highest BCUT2D eigenvalue weighted by molar-refractivity contribution is 6.43. The third kappa shape index (κ3) is 2.32. The zero-order valence-electron chi connectivity index (χ0n) is 17.5. The first-order chi connectivity index (χ1) is 12.7. The molecule has 27 heavy (non-hydrogen) atoms. The summed E-state index contributed by atoms with van der Waals surface area (Å²) in [5.74, 6) is 2.15. The second-order valence-electron chi connectivity index (χ2n) is 11.1. The van der Waals surface area contributed by atoms with Gasteiger partial charge in [-0.3, -0.25) is 0 Å². The second kappa shape index (κ2) is 5.96. The van der Waals surface area contributed by atoms with Crippen LogP contribution in [0.3, 0.4) is 0 Å². The molecule has 0 radical (unpaired) electrons. The van der Waals surface area contributed by atoms with Crippen LogP contribution in [0.1, 0.15) is 72.1 Å². The first-order valence-corrected chi connectivity index (χ1v) is 11.4. The van der Waals surface area contributed by atoms with Gasteiger partial charge in [0.2, 0.25) is 0 Å². The number of rotatable bonds is 0. The Morgan fingerprint density at radius 2 is 1.81 bits per heavy atom. The fourth-order valence-corrected chi connectivity index (χ4v) is 9.06. The van der Waals surface area contributed by atoms with E-state index in [1.807, 2.05) is 6.82 Å². The van der Waals surface area contributed by atoms with E-state index in [-0.39, 0.29) is 41.9 Å². The maximum Gasteiger partial charge on any atom is 0.454 e. The summed E-state index contributed by atoms with van der Waals surface area (Å²) in [5, 5.41) is 21.7. The molecule has 0 aromatic rings. The fourth-order valence-electron chi connectivity index (χ4n) is 9.06. The first kappa shape index (κ1) is 18.9. The summed E-state index contributed by atoms with van der Waals surface area (Å²) in [7, 11) is -0.140. The first-order valence-electron chi connectivity index (χ1n) is 11.4. The highest BCUT2D eigenvalue weighted by atomic mass is 16.7. The number of hydrogen-bond acceptors (Lipinski definition) is 4. The maximum atomic E-state index is 11.5. The molecule has 0 aromatic heterocycles. The zero-order chi connectivity index (χ0) is 19.2. The monoisotopic (exact) mass is 376 g/mol. The Labute approximate surface area is 164 Å². The van der Waals surface area contributed by atoms with Crippen molar-refractivity contribution < 1.29 is 19.5 Å². The van der Waals surface area contributed by atoms with Gasteiger partial charge in [-0.2, -0.15) is 0 Å². The Hall–Kier alpha value is -0.0951. The van der Waals surface area contributed by atoms with Crippen molar-refractivity contribution >= 4 is 7.12 Å². The van der Waals surface area contributed by atoms with Gasteiger partial charge in [0.05, 0.1) is 23.9 Å². The number of aliphatic hydroxyl groups is 2. The van der Waals surface area contributed by atoms with Gasteiger partial charge in [-0.25, -0.2) is 0 Å². The van der Waals surface area contributed by atoms with E-state index in [0.717, 1.165) is 32.1 Å². The van der Waals surface area contributed by atoms with Gasteiger partial charge in [0.25, 0.3) is 0 Å². The van der Waals surface area contributed by atoms with Crippen molar-refractivity contribution in [3.05, 3.63) is 0 Å². The molecule has 0 amide bonds. The minimum atomic E-state index is -0.263. The highest BCUT2D eigenvalue weighted by Gasteiger charge is 2.70. The lowest BCUT2D eigenvalue weighted by Gasteiger charge is -2.63. The SMILES string of the molecule is CB1OC(C)C2(CCC3C4CCC5CC(O)CCC5(C)C4C(O)CC32C)O1. The van der Waals surface area contributed by atoms with Crippen molar-refractivity contribution in [2.24, 2.45) is 34.5 Å². The summed E-state index contributed by atoms with van der Waals surface area (Å²) >= 11 is 0. The van der Waals surface area contributed by atoms with Gasteiger partial charge in [-0.15, -0.1) is 0 Å². The number of fused-ring (bicyclic) bond motifs is 6.